The van der Waals surface area contributed by atoms with Crippen molar-refractivity contribution in [1.29, 1.82) is 0 Å². The van der Waals surface area contributed by atoms with Gasteiger partial charge in [-0.15, -0.1) is 0 Å². The lowest BCUT2D eigenvalue weighted by Crippen LogP contribution is -2.25. The van der Waals surface area contributed by atoms with E-state index in [4.69, 9.17) is 5.73 Å². The average molecular weight is 192 g/mol. The first-order chi connectivity index (χ1) is 6.63. The van der Waals surface area contributed by atoms with E-state index < -0.39 is 0 Å². The highest BCUT2D eigenvalue weighted by atomic mass is 15.1. The maximum absolute atomic E-state index is 5.50. The summed E-state index contributed by atoms with van der Waals surface area (Å²) in [5.41, 5.74) is 9.59. The van der Waals surface area contributed by atoms with Crippen LogP contribution in [0.5, 0.6) is 0 Å². The van der Waals surface area contributed by atoms with E-state index in [1.165, 1.54) is 16.7 Å². The van der Waals surface area contributed by atoms with Crippen molar-refractivity contribution in [3.63, 3.8) is 0 Å². The van der Waals surface area contributed by atoms with Gasteiger partial charge in [-0.25, -0.2) is 0 Å². The first-order valence-electron chi connectivity index (χ1n) is 5.08. The van der Waals surface area contributed by atoms with Gasteiger partial charge in [0.05, 0.1) is 0 Å². The molecule has 0 saturated carbocycles. The van der Waals surface area contributed by atoms with Crippen LogP contribution >= 0.6 is 0 Å². The number of nitrogens with zero attached hydrogens (tertiary/aromatic N) is 1. The molecule has 1 rings (SSSR count). The molecule has 0 spiro atoms. The van der Waals surface area contributed by atoms with Gasteiger partial charge >= 0.3 is 0 Å². The Kier molecular flexibility index (Phi) is 4.11. The number of rotatable bonds is 4. The second kappa shape index (κ2) is 5.13. The van der Waals surface area contributed by atoms with Crippen molar-refractivity contribution < 1.29 is 0 Å². The van der Waals surface area contributed by atoms with Crippen LogP contribution in [0.1, 0.15) is 16.7 Å². The van der Waals surface area contributed by atoms with Crippen LogP contribution in [0.4, 0.5) is 0 Å². The summed E-state index contributed by atoms with van der Waals surface area (Å²) in [6, 6.07) is 6.60. The van der Waals surface area contributed by atoms with E-state index in [0.29, 0.717) is 0 Å². The van der Waals surface area contributed by atoms with Gasteiger partial charge in [0.15, 0.2) is 0 Å². The Labute approximate surface area is 86.7 Å². The molecule has 0 radical (unpaired) electrons. The van der Waals surface area contributed by atoms with Crippen molar-refractivity contribution in [2.24, 2.45) is 5.73 Å². The molecular formula is C12H20N2. The van der Waals surface area contributed by atoms with Gasteiger partial charge in [-0.2, -0.15) is 0 Å². The molecule has 0 aliphatic carbocycles. The second-order valence-corrected chi connectivity index (χ2v) is 3.96. The molecule has 0 heterocycles. The minimum atomic E-state index is 0.724. The molecule has 1 aromatic carbocycles. The van der Waals surface area contributed by atoms with Crippen LogP contribution in [0.2, 0.25) is 0 Å². The fourth-order valence-corrected chi connectivity index (χ4v) is 1.61. The monoisotopic (exact) mass is 192 g/mol. The third kappa shape index (κ3) is 3.13. The van der Waals surface area contributed by atoms with Crippen LogP contribution in [0, 0.1) is 13.8 Å². The van der Waals surface area contributed by atoms with E-state index in [1.54, 1.807) is 0 Å². The van der Waals surface area contributed by atoms with Gasteiger partial charge in [-0.3, -0.25) is 0 Å². The zero-order chi connectivity index (χ0) is 10.6. The number of hydrogen-bond acceptors (Lipinski definition) is 2. The van der Waals surface area contributed by atoms with Crippen molar-refractivity contribution >= 4 is 0 Å². The lowest BCUT2D eigenvalue weighted by Gasteiger charge is -2.17. The summed E-state index contributed by atoms with van der Waals surface area (Å²) >= 11 is 0. The van der Waals surface area contributed by atoms with E-state index >= 15 is 0 Å². The molecule has 0 bridgehead atoms. The topological polar surface area (TPSA) is 29.3 Å². The predicted molar refractivity (Wildman–Crippen MR) is 61.3 cm³/mol. The van der Waals surface area contributed by atoms with Crippen LogP contribution in [0.3, 0.4) is 0 Å². The molecule has 0 aliphatic heterocycles. The highest BCUT2D eigenvalue weighted by Crippen LogP contribution is 2.11. The fourth-order valence-electron chi connectivity index (χ4n) is 1.61. The molecule has 0 saturated heterocycles. The van der Waals surface area contributed by atoms with Crippen LogP contribution < -0.4 is 5.73 Å². The molecule has 0 atom stereocenters. The van der Waals surface area contributed by atoms with Crippen LogP contribution in [0.15, 0.2) is 18.2 Å². The summed E-state index contributed by atoms with van der Waals surface area (Å²) in [6.45, 7) is 6.96. The number of hydrogen-bond donors (Lipinski definition) is 1. The summed E-state index contributed by atoms with van der Waals surface area (Å²) in [6.07, 6.45) is 0. The van der Waals surface area contributed by atoms with E-state index in [0.717, 1.165) is 19.6 Å². The summed E-state index contributed by atoms with van der Waals surface area (Å²) in [5, 5.41) is 0. The molecule has 2 nitrogen and oxygen atoms in total. The van der Waals surface area contributed by atoms with Crippen molar-refractivity contribution in [1.82, 2.24) is 4.90 Å². The number of aryl methyl sites for hydroxylation is 2. The first-order valence-corrected chi connectivity index (χ1v) is 5.08. The molecule has 78 valence electrons. The molecule has 14 heavy (non-hydrogen) atoms. The molecule has 0 unspecified atom stereocenters. The molecule has 0 aromatic heterocycles. The lowest BCUT2D eigenvalue weighted by molar-refractivity contribution is 0.335. The minimum absolute atomic E-state index is 0.724. The van der Waals surface area contributed by atoms with Crippen LogP contribution in [-0.2, 0) is 6.54 Å². The molecule has 2 heteroatoms. The molecule has 2 N–H and O–H groups in total. The van der Waals surface area contributed by atoms with E-state index in [-0.39, 0.29) is 0 Å². The smallest absolute Gasteiger partial charge is 0.0233 e. The molecule has 1 aromatic rings. The van der Waals surface area contributed by atoms with E-state index in [2.05, 4.69) is 44.0 Å². The van der Waals surface area contributed by atoms with Crippen molar-refractivity contribution in [3.8, 4) is 0 Å². The third-order valence-corrected chi connectivity index (χ3v) is 2.45. The minimum Gasteiger partial charge on any atom is -0.329 e. The van der Waals surface area contributed by atoms with Gasteiger partial charge in [0, 0.05) is 19.6 Å². The predicted octanol–water partition coefficient (Wildman–Crippen LogP) is 1.69. The quantitative estimate of drug-likeness (QED) is 0.786. The normalized spacial score (nSPS) is 10.9. The van der Waals surface area contributed by atoms with Crippen molar-refractivity contribution in [3.05, 3.63) is 34.9 Å². The SMILES string of the molecule is Cc1ccc(CN(C)CCN)c(C)c1. The van der Waals surface area contributed by atoms with Gasteiger partial charge < -0.3 is 10.6 Å². The lowest BCUT2D eigenvalue weighted by atomic mass is 10.1. The van der Waals surface area contributed by atoms with Gasteiger partial charge in [0.1, 0.15) is 0 Å². The van der Waals surface area contributed by atoms with Crippen LogP contribution in [-0.4, -0.2) is 25.0 Å². The number of benzene rings is 1. The van der Waals surface area contributed by atoms with E-state index in [1.807, 2.05) is 0 Å². The highest BCUT2D eigenvalue weighted by Gasteiger charge is 2.02. The highest BCUT2D eigenvalue weighted by molar-refractivity contribution is 5.30. The molecule has 0 aliphatic rings. The third-order valence-electron chi connectivity index (χ3n) is 2.45. The molecule has 0 fully saturated rings. The van der Waals surface area contributed by atoms with E-state index in [9.17, 15) is 0 Å². The van der Waals surface area contributed by atoms with Crippen molar-refractivity contribution in [2.75, 3.05) is 20.1 Å². The second-order valence-electron chi connectivity index (χ2n) is 3.96. The fraction of sp³-hybridized carbons (Fsp3) is 0.500. The average Bonchev–Trinajstić information content (AvgIpc) is 2.10. The largest absolute Gasteiger partial charge is 0.329 e. The molecular weight excluding hydrogens is 172 g/mol. The number of likely N-dealkylation sites (N-methyl/N-ethyl adjacent to an activating group) is 1. The maximum atomic E-state index is 5.50. The Balaban J connectivity index is 2.67. The summed E-state index contributed by atoms with van der Waals surface area (Å²) < 4.78 is 0. The maximum Gasteiger partial charge on any atom is 0.0233 e. The Bertz CT molecular complexity index is 294. The van der Waals surface area contributed by atoms with Crippen LogP contribution in [0.25, 0.3) is 0 Å². The van der Waals surface area contributed by atoms with Crippen molar-refractivity contribution in [2.45, 2.75) is 20.4 Å². The number of nitrogens with two attached hydrogens (primary N) is 1. The first kappa shape index (κ1) is 11.2. The van der Waals surface area contributed by atoms with Gasteiger partial charge in [-0.05, 0) is 32.0 Å². The Morgan fingerprint density at radius 2 is 2.00 bits per heavy atom. The zero-order valence-electron chi connectivity index (χ0n) is 9.38. The Morgan fingerprint density at radius 3 is 2.57 bits per heavy atom. The summed E-state index contributed by atoms with van der Waals surface area (Å²) in [5.74, 6) is 0. The standard InChI is InChI=1S/C12H20N2/c1-10-4-5-12(11(2)8-10)9-14(3)7-6-13/h4-5,8H,6-7,9,13H2,1-3H3. The van der Waals surface area contributed by atoms with Gasteiger partial charge in [0.2, 0.25) is 0 Å². The Morgan fingerprint density at radius 1 is 1.29 bits per heavy atom. The molecule has 0 amide bonds. The van der Waals surface area contributed by atoms with Gasteiger partial charge in [-0.1, -0.05) is 23.8 Å². The zero-order valence-corrected chi connectivity index (χ0v) is 9.38. The van der Waals surface area contributed by atoms with Gasteiger partial charge in [0.25, 0.3) is 0 Å². The summed E-state index contributed by atoms with van der Waals surface area (Å²) in [4.78, 5) is 2.25. The summed E-state index contributed by atoms with van der Waals surface area (Å²) in [7, 11) is 2.10. The Hall–Kier alpha value is -0.860.